The number of hydrogen-bond acceptors (Lipinski definition) is 5. The molecule has 1 rings (SSSR count). The number of carbonyl (C=O) groups is 2. The standard InChI is InChI=1S/C8H11N3O4/c1-2-15-8(14)3-6-4-9-10-11(6)5-7(12)13/h4H,2-3,5H2,1H3,(H,12,13). The van der Waals surface area contributed by atoms with Gasteiger partial charge in [-0.05, 0) is 6.92 Å². The first-order valence-corrected chi connectivity index (χ1v) is 4.38. The Hall–Kier alpha value is -1.92. The van der Waals surface area contributed by atoms with Crippen molar-refractivity contribution >= 4 is 11.9 Å². The van der Waals surface area contributed by atoms with Crippen LogP contribution in [0.3, 0.4) is 0 Å². The minimum Gasteiger partial charge on any atom is -0.480 e. The molecule has 82 valence electrons. The maximum atomic E-state index is 11.1. The molecule has 1 aromatic heterocycles. The van der Waals surface area contributed by atoms with E-state index >= 15 is 0 Å². The summed E-state index contributed by atoms with van der Waals surface area (Å²) in [4.78, 5) is 21.5. The lowest BCUT2D eigenvalue weighted by Crippen LogP contribution is -2.16. The number of aromatic nitrogens is 3. The van der Waals surface area contributed by atoms with Gasteiger partial charge in [0.25, 0.3) is 0 Å². The molecule has 7 nitrogen and oxygen atoms in total. The SMILES string of the molecule is CCOC(=O)Cc1cnnn1CC(=O)O. The minimum atomic E-state index is -1.04. The van der Waals surface area contributed by atoms with E-state index in [9.17, 15) is 9.59 Å². The maximum Gasteiger partial charge on any atom is 0.325 e. The van der Waals surface area contributed by atoms with Crippen molar-refractivity contribution in [2.75, 3.05) is 6.61 Å². The van der Waals surface area contributed by atoms with Crippen molar-refractivity contribution in [2.24, 2.45) is 0 Å². The molecule has 0 bridgehead atoms. The number of hydrogen-bond donors (Lipinski definition) is 1. The predicted octanol–water partition coefficient (Wildman–Crippen LogP) is -0.532. The third-order valence-electron chi connectivity index (χ3n) is 1.61. The van der Waals surface area contributed by atoms with Crippen LogP contribution < -0.4 is 0 Å². The number of carboxylic acids is 1. The van der Waals surface area contributed by atoms with Crippen molar-refractivity contribution in [1.82, 2.24) is 15.0 Å². The minimum absolute atomic E-state index is 0.0197. The van der Waals surface area contributed by atoms with E-state index in [1.165, 1.54) is 6.20 Å². The normalized spacial score (nSPS) is 9.93. The van der Waals surface area contributed by atoms with Gasteiger partial charge in [0.15, 0.2) is 0 Å². The molecule has 7 heteroatoms. The first-order valence-electron chi connectivity index (χ1n) is 4.38. The third-order valence-corrected chi connectivity index (χ3v) is 1.61. The smallest absolute Gasteiger partial charge is 0.325 e. The van der Waals surface area contributed by atoms with E-state index in [0.717, 1.165) is 4.68 Å². The zero-order chi connectivity index (χ0) is 11.3. The Labute approximate surface area is 85.6 Å². The number of aliphatic carboxylic acids is 1. The summed E-state index contributed by atoms with van der Waals surface area (Å²) in [5.74, 6) is -1.46. The van der Waals surface area contributed by atoms with E-state index in [1.807, 2.05) is 0 Å². The molecule has 0 unspecified atom stereocenters. The average molecular weight is 213 g/mol. The van der Waals surface area contributed by atoms with E-state index in [1.54, 1.807) is 6.92 Å². The summed E-state index contributed by atoms with van der Waals surface area (Å²) < 4.78 is 5.87. The van der Waals surface area contributed by atoms with Gasteiger partial charge in [0, 0.05) is 0 Å². The van der Waals surface area contributed by atoms with E-state index in [-0.39, 0.29) is 13.0 Å². The van der Waals surface area contributed by atoms with Crippen LogP contribution in [0.1, 0.15) is 12.6 Å². The molecule has 0 aliphatic carbocycles. The Balaban J connectivity index is 2.64. The zero-order valence-corrected chi connectivity index (χ0v) is 8.21. The third kappa shape index (κ3) is 3.37. The summed E-state index contributed by atoms with van der Waals surface area (Å²) >= 11 is 0. The van der Waals surface area contributed by atoms with Crippen molar-refractivity contribution in [3.8, 4) is 0 Å². The van der Waals surface area contributed by atoms with E-state index in [2.05, 4.69) is 10.3 Å². The Kier molecular flexibility index (Phi) is 3.78. The highest BCUT2D eigenvalue weighted by atomic mass is 16.5. The lowest BCUT2D eigenvalue weighted by Gasteiger charge is -2.02. The molecule has 0 fully saturated rings. The highest BCUT2D eigenvalue weighted by Gasteiger charge is 2.11. The second-order valence-electron chi connectivity index (χ2n) is 2.76. The summed E-state index contributed by atoms with van der Waals surface area (Å²) in [7, 11) is 0. The van der Waals surface area contributed by atoms with Gasteiger partial charge in [-0.3, -0.25) is 9.59 Å². The maximum absolute atomic E-state index is 11.1. The van der Waals surface area contributed by atoms with Crippen molar-refractivity contribution in [2.45, 2.75) is 19.9 Å². The van der Waals surface area contributed by atoms with Crippen molar-refractivity contribution in [3.05, 3.63) is 11.9 Å². The number of carboxylic acid groups (broad SMARTS) is 1. The zero-order valence-electron chi connectivity index (χ0n) is 8.21. The van der Waals surface area contributed by atoms with Crippen molar-refractivity contribution in [3.63, 3.8) is 0 Å². The Morgan fingerprint density at radius 2 is 2.33 bits per heavy atom. The highest BCUT2D eigenvalue weighted by molar-refractivity contribution is 5.72. The van der Waals surface area contributed by atoms with Gasteiger partial charge in [0.05, 0.1) is 24.9 Å². The molecular formula is C8H11N3O4. The van der Waals surface area contributed by atoms with Gasteiger partial charge in [-0.1, -0.05) is 5.21 Å². The molecule has 0 aromatic carbocycles. The summed E-state index contributed by atoms with van der Waals surface area (Å²) in [5.41, 5.74) is 0.427. The van der Waals surface area contributed by atoms with Gasteiger partial charge >= 0.3 is 11.9 Å². The number of ether oxygens (including phenoxy) is 1. The Morgan fingerprint density at radius 1 is 1.60 bits per heavy atom. The molecule has 0 saturated carbocycles. The first kappa shape index (κ1) is 11.2. The van der Waals surface area contributed by atoms with Crippen LogP contribution in [-0.2, 0) is 27.3 Å². The topological polar surface area (TPSA) is 94.3 Å². The molecule has 1 heterocycles. The number of rotatable bonds is 5. The molecule has 0 saturated heterocycles. The molecule has 0 radical (unpaired) electrons. The largest absolute Gasteiger partial charge is 0.480 e. The van der Waals surface area contributed by atoms with Crippen LogP contribution in [0.5, 0.6) is 0 Å². The summed E-state index contributed by atoms with van der Waals surface area (Å²) in [6.45, 7) is 1.68. The number of nitrogens with zero attached hydrogens (tertiary/aromatic N) is 3. The predicted molar refractivity (Wildman–Crippen MR) is 48.0 cm³/mol. The molecule has 0 atom stereocenters. The second kappa shape index (κ2) is 5.08. The van der Waals surface area contributed by atoms with Gasteiger partial charge in [0.1, 0.15) is 6.54 Å². The van der Waals surface area contributed by atoms with E-state index < -0.39 is 11.9 Å². The fraction of sp³-hybridized carbons (Fsp3) is 0.500. The van der Waals surface area contributed by atoms with E-state index in [0.29, 0.717) is 12.3 Å². The van der Waals surface area contributed by atoms with Crippen LogP contribution in [-0.4, -0.2) is 38.6 Å². The van der Waals surface area contributed by atoms with Crippen LogP contribution in [0.15, 0.2) is 6.20 Å². The molecule has 0 aliphatic rings. The van der Waals surface area contributed by atoms with Crippen LogP contribution in [0, 0.1) is 0 Å². The lowest BCUT2D eigenvalue weighted by molar-refractivity contribution is -0.143. The van der Waals surface area contributed by atoms with Gasteiger partial charge in [-0.15, -0.1) is 5.10 Å². The Morgan fingerprint density at radius 3 is 2.93 bits per heavy atom. The number of esters is 1. The molecular weight excluding hydrogens is 202 g/mol. The monoisotopic (exact) mass is 213 g/mol. The molecule has 0 amide bonds. The Bertz CT molecular complexity index is 361. The second-order valence-corrected chi connectivity index (χ2v) is 2.76. The molecule has 0 spiro atoms. The highest BCUT2D eigenvalue weighted by Crippen LogP contribution is 1.99. The van der Waals surface area contributed by atoms with Gasteiger partial charge in [-0.2, -0.15) is 0 Å². The first-order chi connectivity index (χ1) is 7.13. The van der Waals surface area contributed by atoms with Crippen LogP contribution in [0.25, 0.3) is 0 Å². The van der Waals surface area contributed by atoms with Crippen molar-refractivity contribution < 1.29 is 19.4 Å². The van der Waals surface area contributed by atoms with Crippen LogP contribution in [0.2, 0.25) is 0 Å². The van der Waals surface area contributed by atoms with Crippen molar-refractivity contribution in [1.29, 1.82) is 0 Å². The molecule has 1 aromatic rings. The molecule has 0 aliphatic heterocycles. The van der Waals surface area contributed by atoms with Gasteiger partial charge < -0.3 is 9.84 Å². The summed E-state index contributed by atoms with van der Waals surface area (Å²) in [5, 5.41) is 15.6. The van der Waals surface area contributed by atoms with Crippen LogP contribution >= 0.6 is 0 Å². The lowest BCUT2D eigenvalue weighted by atomic mass is 10.3. The average Bonchev–Trinajstić information content (AvgIpc) is 2.52. The summed E-state index contributed by atoms with van der Waals surface area (Å²) in [6, 6.07) is 0. The van der Waals surface area contributed by atoms with Gasteiger partial charge in [0.2, 0.25) is 0 Å². The number of carbonyl (C=O) groups excluding carboxylic acids is 1. The quantitative estimate of drug-likeness (QED) is 0.660. The summed E-state index contributed by atoms with van der Waals surface area (Å²) in [6.07, 6.45) is 1.33. The van der Waals surface area contributed by atoms with E-state index in [4.69, 9.17) is 9.84 Å². The van der Waals surface area contributed by atoms with Gasteiger partial charge in [-0.25, -0.2) is 4.68 Å². The molecule has 15 heavy (non-hydrogen) atoms. The van der Waals surface area contributed by atoms with Crippen LogP contribution in [0.4, 0.5) is 0 Å². The fourth-order valence-corrected chi connectivity index (χ4v) is 1.04. The molecule has 1 N–H and O–H groups in total. The fourth-order valence-electron chi connectivity index (χ4n) is 1.04.